The first-order chi connectivity index (χ1) is 3.77. The van der Waals surface area contributed by atoms with Crippen LogP contribution < -0.4 is 0 Å². The van der Waals surface area contributed by atoms with Crippen molar-refractivity contribution >= 4 is 17.5 Å². The maximum Gasteiger partial charge on any atom is 0.00664 e. The smallest absolute Gasteiger partial charge is 0.00664 e. The Morgan fingerprint density at radius 1 is 1.62 bits per heavy atom. The molecular weight excluding hydrogens is 118 g/mol. The van der Waals surface area contributed by atoms with E-state index in [1.807, 2.05) is 18.7 Å². The molecule has 2 heteroatoms. The van der Waals surface area contributed by atoms with Crippen molar-refractivity contribution in [1.82, 2.24) is 0 Å². The standard InChI is InChI=1S/C6H13NS/c1-3-8-5-4-6(2)7/h7H,3-5H2,1-2H3. The molecule has 0 amide bonds. The molecule has 0 radical (unpaired) electrons. The van der Waals surface area contributed by atoms with Crippen LogP contribution in [-0.2, 0) is 0 Å². The van der Waals surface area contributed by atoms with Gasteiger partial charge >= 0.3 is 0 Å². The lowest BCUT2D eigenvalue weighted by Crippen LogP contribution is -1.90. The van der Waals surface area contributed by atoms with Crippen molar-refractivity contribution < 1.29 is 0 Å². The molecule has 0 aliphatic heterocycles. The molecule has 0 aliphatic rings. The second-order valence-electron chi connectivity index (χ2n) is 1.73. The Morgan fingerprint density at radius 3 is 2.62 bits per heavy atom. The summed E-state index contributed by atoms with van der Waals surface area (Å²) in [6, 6.07) is 0. The van der Waals surface area contributed by atoms with Gasteiger partial charge in [-0.3, -0.25) is 0 Å². The minimum atomic E-state index is 0.797. The van der Waals surface area contributed by atoms with Crippen LogP contribution >= 0.6 is 11.8 Å². The Labute approximate surface area is 55.4 Å². The van der Waals surface area contributed by atoms with Crippen LogP contribution in [0.15, 0.2) is 0 Å². The maximum absolute atomic E-state index is 7.06. The summed E-state index contributed by atoms with van der Waals surface area (Å²) in [5.41, 5.74) is 0.797. The molecule has 0 spiro atoms. The summed E-state index contributed by atoms with van der Waals surface area (Å²) < 4.78 is 0. The third-order valence-electron chi connectivity index (χ3n) is 0.826. The van der Waals surface area contributed by atoms with Crippen LogP contribution in [0.1, 0.15) is 20.3 Å². The van der Waals surface area contributed by atoms with Gasteiger partial charge in [0, 0.05) is 5.71 Å². The summed E-state index contributed by atoms with van der Waals surface area (Å²) in [5.74, 6) is 2.29. The van der Waals surface area contributed by atoms with Crippen molar-refractivity contribution in [3.8, 4) is 0 Å². The van der Waals surface area contributed by atoms with Crippen molar-refractivity contribution in [2.75, 3.05) is 11.5 Å². The van der Waals surface area contributed by atoms with E-state index < -0.39 is 0 Å². The van der Waals surface area contributed by atoms with Crippen molar-refractivity contribution in [2.24, 2.45) is 0 Å². The second kappa shape index (κ2) is 5.16. The van der Waals surface area contributed by atoms with Gasteiger partial charge in [0.05, 0.1) is 0 Å². The average molecular weight is 131 g/mol. The van der Waals surface area contributed by atoms with E-state index in [-0.39, 0.29) is 0 Å². The molecule has 0 bridgehead atoms. The van der Waals surface area contributed by atoms with Gasteiger partial charge in [0.25, 0.3) is 0 Å². The SMILES string of the molecule is CCSCCC(C)=N. The van der Waals surface area contributed by atoms with E-state index in [0.717, 1.165) is 17.9 Å². The Kier molecular flexibility index (Phi) is 5.18. The molecule has 0 saturated heterocycles. The summed E-state index contributed by atoms with van der Waals surface area (Å²) in [6.07, 6.45) is 0.957. The first-order valence-electron chi connectivity index (χ1n) is 2.89. The Bertz CT molecular complexity index is 70.9. The summed E-state index contributed by atoms with van der Waals surface area (Å²) in [4.78, 5) is 0. The third-order valence-corrected chi connectivity index (χ3v) is 1.73. The van der Waals surface area contributed by atoms with Crippen LogP contribution in [0.2, 0.25) is 0 Å². The van der Waals surface area contributed by atoms with Gasteiger partial charge < -0.3 is 5.41 Å². The fourth-order valence-electron chi connectivity index (χ4n) is 0.370. The molecule has 0 fully saturated rings. The summed E-state index contributed by atoms with van der Waals surface area (Å²) in [6.45, 7) is 4.00. The van der Waals surface area contributed by atoms with E-state index in [9.17, 15) is 0 Å². The largest absolute Gasteiger partial charge is 0.310 e. The first kappa shape index (κ1) is 8.02. The van der Waals surface area contributed by atoms with Crippen molar-refractivity contribution in [3.05, 3.63) is 0 Å². The maximum atomic E-state index is 7.06. The van der Waals surface area contributed by atoms with Crippen molar-refractivity contribution in [1.29, 1.82) is 5.41 Å². The lowest BCUT2D eigenvalue weighted by atomic mass is 10.3. The number of rotatable bonds is 4. The van der Waals surface area contributed by atoms with Crippen LogP contribution in [-0.4, -0.2) is 17.2 Å². The molecule has 0 aromatic heterocycles. The molecule has 8 heavy (non-hydrogen) atoms. The zero-order valence-electron chi connectivity index (χ0n) is 5.53. The fourth-order valence-corrected chi connectivity index (χ4v) is 1.11. The highest BCUT2D eigenvalue weighted by Crippen LogP contribution is 2.00. The van der Waals surface area contributed by atoms with Crippen LogP contribution in [0, 0.1) is 5.41 Å². The predicted octanol–water partition coefficient (Wildman–Crippen LogP) is 2.17. The molecule has 0 aromatic rings. The lowest BCUT2D eigenvalue weighted by molar-refractivity contribution is 1.24. The van der Waals surface area contributed by atoms with Crippen LogP contribution in [0.5, 0.6) is 0 Å². The van der Waals surface area contributed by atoms with Gasteiger partial charge in [-0.05, 0) is 24.9 Å². The quantitative estimate of drug-likeness (QED) is 0.459. The van der Waals surface area contributed by atoms with Crippen LogP contribution in [0.3, 0.4) is 0 Å². The van der Waals surface area contributed by atoms with Gasteiger partial charge in [-0.1, -0.05) is 6.92 Å². The molecule has 0 aromatic carbocycles. The van der Waals surface area contributed by atoms with E-state index >= 15 is 0 Å². The summed E-state index contributed by atoms with van der Waals surface area (Å²) >= 11 is 1.90. The summed E-state index contributed by atoms with van der Waals surface area (Å²) in [7, 11) is 0. The number of hydrogen-bond acceptors (Lipinski definition) is 2. The number of thioether (sulfide) groups is 1. The number of nitrogens with one attached hydrogen (secondary N) is 1. The monoisotopic (exact) mass is 131 g/mol. The van der Waals surface area contributed by atoms with Crippen LogP contribution in [0.4, 0.5) is 0 Å². The zero-order valence-corrected chi connectivity index (χ0v) is 6.35. The van der Waals surface area contributed by atoms with E-state index in [1.165, 1.54) is 5.75 Å². The second-order valence-corrected chi connectivity index (χ2v) is 3.12. The number of hydrogen-bond donors (Lipinski definition) is 1. The molecule has 1 nitrogen and oxygen atoms in total. The van der Waals surface area contributed by atoms with Gasteiger partial charge in [-0.15, -0.1) is 0 Å². The van der Waals surface area contributed by atoms with E-state index in [1.54, 1.807) is 0 Å². The molecule has 48 valence electrons. The molecule has 0 unspecified atom stereocenters. The molecule has 0 atom stereocenters. The first-order valence-corrected chi connectivity index (χ1v) is 4.04. The molecule has 0 heterocycles. The molecule has 1 N–H and O–H groups in total. The predicted molar refractivity (Wildman–Crippen MR) is 41.0 cm³/mol. The molecule has 0 saturated carbocycles. The molecular formula is C6H13NS. The highest BCUT2D eigenvalue weighted by atomic mass is 32.2. The van der Waals surface area contributed by atoms with Gasteiger partial charge in [-0.25, -0.2) is 0 Å². The van der Waals surface area contributed by atoms with Crippen molar-refractivity contribution in [2.45, 2.75) is 20.3 Å². The Morgan fingerprint density at radius 2 is 2.25 bits per heavy atom. The van der Waals surface area contributed by atoms with Gasteiger partial charge in [0.1, 0.15) is 0 Å². The Hall–Kier alpha value is 0.0200. The minimum absolute atomic E-state index is 0.797. The highest BCUT2D eigenvalue weighted by molar-refractivity contribution is 7.99. The van der Waals surface area contributed by atoms with Crippen molar-refractivity contribution in [3.63, 3.8) is 0 Å². The van der Waals surface area contributed by atoms with E-state index in [4.69, 9.17) is 5.41 Å². The topological polar surface area (TPSA) is 23.9 Å². The summed E-state index contributed by atoms with van der Waals surface area (Å²) in [5, 5.41) is 7.06. The normalized spacial score (nSPS) is 9.25. The average Bonchev–Trinajstić information content (AvgIpc) is 1.66. The van der Waals surface area contributed by atoms with Gasteiger partial charge in [0.2, 0.25) is 0 Å². The van der Waals surface area contributed by atoms with Gasteiger partial charge in [-0.2, -0.15) is 11.8 Å². The Balaban J connectivity index is 2.82. The molecule has 0 aliphatic carbocycles. The van der Waals surface area contributed by atoms with Crippen LogP contribution in [0.25, 0.3) is 0 Å². The van der Waals surface area contributed by atoms with E-state index in [2.05, 4.69) is 6.92 Å². The van der Waals surface area contributed by atoms with Gasteiger partial charge in [0.15, 0.2) is 0 Å². The third kappa shape index (κ3) is 6.02. The van der Waals surface area contributed by atoms with E-state index in [0.29, 0.717) is 0 Å². The zero-order chi connectivity index (χ0) is 6.41. The minimum Gasteiger partial charge on any atom is -0.310 e. The molecule has 0 rings (SSSR count). The fraction of sp³-hybridized carbons (Fsp3) is 0.833. The highest BCUT2D eigenvalue weighted by Gasteiger charge is 1.86. The lowest BCUT2D eigenvalue weighted by Gasteiger charge is -1.93.